The van der Waals surface area contributed by atoms with E-state index in [1.807, 2.05) is 0 Å². The first-order chi connectivity index (χ1) is 6.77. The number of rotatable bonds is 1. The molecule has 0 bridgehead atoms. The number of benzene rings is 1. The number of piperidine rings is 1. The molecule has 0 aromatic heterocycles. The van der Waals surface area contributed by atoms with Crippen molar-refractivity contribution >= 4 is 12.4 Å². The summed E-state index contributed by atoms with van der Waals surface area (Å²) in [6.07, 6.45) is 2.12. The summed E-state index contributed by atoms with van der Waals surface area (Å²) in [7, 11) is 0. The topological polar surface area (TPSA) is 32.3 Å². The van der Waals surface area contributed by atoms with Gasteiger partial charge in [-0.25, -0.2) is 4.39 Å². The quantitative estimate of drug-likeness (QED) is 0.778. The third kappa shape index (κ3) is 2.83. The molecule has 15 heavy (non-hydrogen) atoms. The van der Waals surface area contributed by atoms with Gasteiger partial charge in [-0.2, -0.15) is 0 Å². The number of halogens is 2. The van der Waals surface area contributed by atoms with Crippen molar-refractivity contribution in [3.05, 3.63) is 29.6 Å². The van der Waals surface area contributed by atoms with Crippen molar-refractivity contribution in [3.8, 4) is 5.75 Å². The number of phenolic OH excluding ortho intramolecular Hbond substituents is 1. The van der Waals surface area contributed by atoms with Crippen molar-refractivity contribution in [1.29, 1.82) is 0 Å². The van der Waals surface area contributed by atoms with Crippen LogP contribution < -0.4 is 5.32 Å². The van der Waals surface area contributed by atoms with E-state index in [9.17, 15) is 9.50 Å². The molecule has 1 heterocycles. The normalized spacial score (nSPS) is 17.1. The Kier molecular flexibility index (Phi) is 4.36. The van der Waals surface area contributed by atoms with Crippen LogP contribution in [-0.4, -0.2) is 18.2 Å². The van der Waals surface area contributed by atoms with E-state index >= 15 is 0 Å². The van der Waals surface area contributed by atoms with Crippen LogP contribution in [0.25, 0.3) is 0 Å². The van der Waals surface area contributed by atoms with E-state index in [1.165, 1.54) is 6.07 Å². The molecule has 1 aliphatic heterocycles. The highest BCUT2D eigenvalue weighted by molar-refractivity contribution is 5.85. The van der Waals surface area contributed by atoms with Gasteiger partial charge in [0.25, 0.3) is 0 Å². The molecule has 0 spiro atoms. The van der Waals surface area contributed by atoms with Crippen LogP contribution in [0.4, 0.5) is 4.39 Å². The average Bonchev–Trinajstić information content (AvgIpc) is 2.23. The zero-order valence-corrected chi connectivity index (χ0v) is 9.19. The van der Waals surface area contributed by atoms with Crippen LogP contribution in [0.5, 0.6) is 5.75 Å². The molecule has 4 heteroatoms. The molecule has 0 amide bonds. The highest BCUT2D eigenvalue weighted by Gasteiger charge is 2.16. The summed E-state index contributed by atoms with van der Waals surface area (Å²) in [6.45, 7) is 2.01. The van der Waals surface area contributed by atoms with Crippen molar-refractivity contribution in [2.75, 3.05) is 13.1 Å². The van der Waals surface area contributed by atoms with Gasteiger partial charge in [0.2, 0.25) is 0 Å². The number of hydrogen-bond acceptors (Lipinski definition) is 2. The third-order valence-electron chi connectivity index (χ3n) is 2.78. The monoisotopic (exact) mass is 231 g/mol. The molecule has 0 atom stereocenters. The number of aromatic hydroxyl groups is 1. The molecule has 2 nitrogen and oxygen atoms in total. The van der Waals surface area contributed by atoms with Crippen LogP contribution in [0.3, 0.4) is 0 Å². The first-order valence-electron chi connectivity index (χ1n) is 4.96. The van der Waals surface area contributed by atoms with Gasteiger partial charge in [0.15, 0.2) is 11.6 Å². The first-order valence-corrected chi connectivity index (χ1v) is 4.96. The van der Waals surface area contributed by atoms with Gasteiger partial charge in [-0.1, -0.05) is 6.07 Å². The summed E-state index contributed by atoms with van der Waals surface area (Å²) in [6, 6.07) is 4.66. The van der Waals surface area contributed by atoms with Gasteiger partial charge in [0, 0.05) is 0 Å². The Morgan fingerprint density at radius 1 is 1.27 bits per heavy atom. The SMILES string of the molecule is Cl.Oc1cc(C2CCNCC2)ccc1F. The maximum absolute atomic E-state index is 12.8. The fourth-order valence-corrected chi connectivity index (χ4v) is 1.94. The van der Waals surface area contributed by atoms with Crippen molar-refractivity contribution < 1.29 is 9.50 Å². The zero-order valence-electron chi connectivity index (χ0n) is 8.37. The molecule has 0 radical (unpaired) electrons. The summed E-state index contributed by atoms with van der Waals surface area (Å²) in [5.74, 6) is -0.313. The molecule has 1 fully saturated rings. The Labute approximate surface area is 94.9 Å². The molecule has 0 unspecified atom stereocenters. The average molecular weight is 232 g/mol. The lowest BCUT2D eigenvalue weighted by atomic mass is 9.90. The van der Waals surface area contributed by atoms with Gasteiger partial charge in [-0.15, -0.1) is 12.4 Å². The van der Waals surface area contributed by atoms with Gasteiger partial charge in [-0.3, -0.25) is 0 Å². The van der Waals surface area contributed by atoms with Gasteiger partial charge in [-0.05, 0) is 49.5 Å². The summed E-state index contributed by atoms with van der Waals surface area (Å²) in [4.78, 5) is 0. The lowest BCUT2D eigenvalue weighted by molar-refractivity contribution is 0.425. The highest BCUT2D eigenvalue weighted by atomic mass is 35.5. The van der Waals surface area contributed by atoms with Crippen molar-refractivity contribution in [2.24, 2.45) is 0 Å². The maximum atomic E-state index is 12.8. The molecule has 2 N–H and O–H groups in total. The summed E-state index contributed by atoms with van der Waals surface area (Å²) in [5, 5.41) is 12.5. The van der Waals surface area contributed by atoms with E-state index in [0.29, 0.717) is 5.92 Å². The Hall–Kier alpha value is -0.800. The molecule has 0 saturated carbocycles. The van der Waals surface area contributed by atoms with Crippen molar-refractivity contribution in [1.82, 2.24) is 5.32 Å². The maximum Gasteiger partial charge on any atom is 0.164 e. The molecule has 2 rings (SSSR count). The van der Waals surface area contributed by atoms with Crippen LogP contribution in [0.15, 0.2) is 18.2 Å². The minimum absolute atomic E-state index is 0. The minimum Gasteiger partial charge on any atom is -0.505 e. The molecule has 1 aromatic carbocycles. The largest absolute Gasteiger partial charge is 0.505 e. The van der Waals surface area contributed by atoms with Crippen LogP contribution in [-0.2, 0) is 0 Å². The molecule has 1 aliphatic rings. The molecule has 1 saturated heterocycles. The lowest BCUT2D eigenvalue weighted by Crippen LogP contribution is -2.26. The lowest BCUT2D eigenvalue weighted by Gasteiger charge is -2.22. The fourth-order valence-electron chi connectivity index (χ4n) is 1.94. The second-order valence-corrected chi connectivity index (χ2v) is 3.74. The van der Waals surface area contributed by atoms with E-state index in [0.717, 1.165) is 31.5 Å². The van der Waals surface area contributed by atoms with Gasteiger partial charge in [0.05, 0.1) is 0 Å². The van der Waals surface area contributed by atoms with Crippen molar-refractivity contribution in [3.63, 3.8) is 0 Å². The molecule has 84 valence electrons. The first kappa shape index (κ1) is 12.3. The van der Waals surface area contributed by atoms with Gasteiger partial charge >= 0.3 is 0 Å². The minimum atomic E-state index is -0.539. The van der Waals surface area contributed by atoms with Crippen LogP contribution >= 0.6 is 12.4 Å². The van der Waals surface area contributed by atoms with Crippen LogP contribution in [0.1, 0.15) is 24.3 Å². The van der Waals surface area contributed by atoms with Crippen molar-refractivity contribution in [2.45, 2.75) is 18.8 Å². The van der Waals surface area contributed by atoms with Crippen LogP contribution in [0.2, 0.25) is 0 Å². The van der Waals surface area contributed by atoms with Gasteiger partial charge in [0.1, 0.15) is 0 Å². The third-order valence-corrected chi connectivity index (χ3v) is 2.78. The summed E-state index contributed by atoms with van der Waals surface area (Å²) >= 11 is 0. The van der Waals surface area contributed by atoms with E-state index in [2.05, 4.69) is 5.32 Å². The van der Waals surface area contributed by atoms with Crippen LogP contribution in [0, 0.1) is 5.82 Å². The number of nitrogens with one attached hydrogen (secondary N) is 1. The summed E-state index contributed by atoms with van der Waals surface area (Å²) < 4.78 is 12.8. The Balaban J connectivity index is 0.00000112. The smallest absolute Gasteiger partial charge is 0.164 e. The number of phenols is 1. The predicted octanol–water partition coefficient (Wildman–Crippen LogP) is 2.42. The Morgan fingerprint density at radius 3 is 2.53 bits per heavy atom. The molecular weight excluding hydrogens is 217 g/mol. The zero-order chi connectivity index (χ0) is 9.97. The second-order valence-electron chi connectivity index (χ2n) is 3.74. The predicted molar refractivity (Wildman–Crippen MR) is 60.2 cm³/mol. The Morgan fingerprint density at radius 2 is 1.93 bits per heavy atom. The Bertz CT molecular complexity index is 326. The molecule has 1 aromatic rings. The fraction of sp³-hybridized carbons (Fsp3) is 0.455. The standard InChI is InChI=1S/C11H14FNO.ClH/c12-10-2-1-9(7-11(10)14)8-3-5-13-6-4-8;/h1-2,7-8,13-14H,3-6H2;1H. The van der Waals surface area contributed by atoms with Gasteiger partial charge < -0.3 is 10.4 Å². The summed E-state index contributed by atoms with van der Waals surface area (Å²) in [5.41, 5.74) is 1.05. The van der Waals surface area contributed by atoms with E-state index < -0.39 is 5.82 Å². The second kappa shape index (κ2) is 5.33. The van der Waals surface area contributed by atoms with E-state index in [4.69, 9.17) is 0 Å². The van der Waals surface area contributed by atoms with E-state index in [-0.39, 0.29) is 18.2 Å². The number of hydrogen-bond donors (Lipinski definition) is 2. The molecular formula is C11H15ClFNO. The highest BCUT2D eigenvalue weighted by Crippen LogP contribution is 2.28. The molecule has 0 aliphatic carbocycles. The van der Waals surface area contributed by atoms with E-state index in [1.54, 1.807) is 12.1 Å².